The van der Waals surface area contributed by atoms with Gasteiger partial charge in [0.05, 0.1) is 0 Å². The molecule has 0 aliphatic rings. The number of rotatable bonds is 2. The number of hydrogen-bond acceptors (Lipinski definition) is 3. The van der Waals surface area contributed by atoms with Crippen LogP contribution < -0.4 is 5.73 Å². The van der Waals surface area contributed by atoms with Crippen LogP contribution in [0.2, 0.25) is 0 Å². The number of hydrogen-bond donors (Lipinski definition) is 2. The molecule has 0 radical (unpaired) electrons. The summed E-state index contributed by atoms with van der Waals surface area (Å²) in [6.07, 6.45) is 0. The maximum absolute atomic E-state index is 13.6. The summed E-state index contributed by atoms with van der Waals surface area (Å²) in [6.45, 7) is 0. The number of carboxylic acids is 1. The smallest absolute Gasteiger partial charge is 0.355 e. The first-order chi connectivity index (χ1) is 8.49. The molecule has 92 valence electrons. The van der Waals surface area contributed by atoms with Gasteiger partial charge in [-0.1, -0.05) is 0 Å². The van der Waals surface area contributed by atoms with Crippen LogP contribution in [0.4, 0.5) is 14.6 Å². The number of aromatic nitrogens is 1. The third-order valence-corrected chi connectivity index (χ3v) is 2.34. The number of nitrogen functional groups attached to an aromatic ring is 1. The van der Waals surface area contributed by atoms with Gasteiger partial charge in [0.1, 0.15) is 17.5 Å². The van der Waals surface area contributed by atoms with Crippen molar-refractivity contribution in [3.8, 4) is 11.1 Å². The van der Waals surface area contributed by atoms with Crippen molar-refractivity contribution in [2.24, 2.45) is 0 Å². The van der Waals surface area contributed by atoms with Gasteiger partial charge in [-0.05, 0) is 30.3 Å². The van der Waals surface area contributed by atoms with E-state index in [0.717, 1.165) is 18.2 Å². The van der Waals surface area contributed by atoms with Crippen LogP contribution in [-0.4, -0.2) is 16.1 Å². The fraction of sp³-hybridized carbons (Fsp3) is 0. The number of benzene rings is 1. The molecular weight excluding hydrogens is 242 g/mol. The zero-order valence-corrected chi connectivity index (χ0v) is 9.02. The van der Waals surface area contributed by atoms with Gasteiger partial charge in [0.25, 0.3) is 0 Å². The van der Waals surface area contributed by atoms with Gasteiger partial charge < -0.3 is 10.8 Å². The maximum atomic E-state index is 13.6. The normalized spacial score (nSPS) is 10.3. The van der Waals surface area contributed by atoms with Crippen LogP contribution >= 0.6 is 0 Å². The monoisotopic (exact) mass is 250 g/mol. The molecule has 18 heavy (non-hydrogen) atoms. The summed E-state index contributed by atoms with van der Waals surface area (Å²) in [5.41, 5.74) is 4.77. The minimum absolute atomic E-state index is 0.00652. The van der Waals surface area contributed by atoms with Gasteiger partial charge in [0.15, 0.2) is 5.69 Å². The number of nitrogens with zero attached hydrogens (tertiary/aromatic N) is 1. The van der Waals surface area contributed by atoms with Gasteiger partial charge in [-0.3, -0.25) is 0 Å². The maximum Gasteiger partial charge on any atom is 0.355 e. The summed E-state index contributed by atoms with van der Waals surface area (Å²) in [4.78, 5) is 14.6. The van der Waals surface area contributed by atoms with E-state index in [1.54, 1.807) is 0 Å². The predicted molar refractivity (Wildman–Crippen MR) is 61.0 cm³/mol. The van der Waals surface area contributed by atoms with Crippen LogP contribution in [-0.2, 0) is 0 Å². The van der Waals surface area contributed by atoms with Crippen molar-refractivity contribution in [1.29, 1.82) is 0 Å². The molecule has 1 aromatic carbocycles. The van der Waals surface area contributed by atoms with E-state index in [1.165, 1.54) is 12.1 Å². The molecule has 0 spiro atoms. The molecule has 0 unspecified atom stereocenters. The Hall–Kier alpha value is -2.50. The summed E-state index contributed by atoms with van der Waals surface area (Å²) in [5.74, 6) is -2.76. The molecule has 0 amide bonds. The van der Waals surface area contributed by atoms with E-state index >= 15 is 0 Å². The van der Waals surface area contributed by atoms with Crippen LogP contribution in [0.1, 0.15) is 10.5 Å². The Kier molecular flexibility index (Phi) is 2.93. The highest BCUT2D eigenvalue weighted by atomic mass is 19.1. The second-order valence-electron chi connectivity index (χ2n) is 3.56. The quantitative estimate of drug-likeness (QED) is 0.857. The van der Waals surface area contributed by atoms with Gasteiger partial charge >= 0.3 is 5.97 Å². The van der Waals surface area contributed by atoms with Crippen molar-refractivity contribution in [3.63, 3.8) is 0 Å². The van der Waals surface area contributed by atoms with E-state index in [1.807, 2.05) is 0 Å². The molecule has 2 aromatic rings. The van der Waals surface area contributed by atoms with Crippen LogP contribution in [0.15, 0.2) is 30.3 Å². The number of aromatic carboxylic acids is 1. The minimum Gasteiger partial charge on any atom is -0.476 e. The number of carbonyl (C=O) groups is 1. The Morgan fingerprint density at radius 3 is 2.56 bits per heavy atom. The molecule has 4 nitrogen and oxygen atoms in total. The summed E-state index contributed by atoms with van der Waals surface area (Å²) < 4.78 is 26.7. The van der Waals surface area contributed by atoms with Crippen molar-refractivity contribution in [1.82, 2.24) is 4.98 Å². The van der Waals surface area contributed by atoms with E-state index in [0.29, 0.717) is 0 Å². The number of halogens is 2. The Labute approximate surface area is 101 Å². The zero-order chi connectivity index (χ0) is 13.3. The molecule has 3 N–H and O–H groups in total. The van der Waals surface area contributed by atoms with E-state index in [-0.39, 0.29) is 16.9 Å². The third kappa shape index (κ3) is 2.13. The Morgan fingerprint density at radius 2 is 1.89 bits per heavy atom. The molecule has 0 bridgehead atoms. The Bertz CT molecular complexity index is 629. The van der Waals surface area contributed by atoms with Gasteiger partial charge in [0.2, 0.25) is 0 Å². The van der Waals surface area contributed by atoms with Gasteiger partial charge in [0, 0.05) is 11.1 Å². The van der Waals surface area contributed by atoms with E-state index in [2.05, 4.69) is 4.98 Å². The summed E-state index contributed by atoms with van der Waals surface area (Å²) >= 11 is 0. The lowest BCUT2D eigenvalue weighted by molar-refractivity contribution is 0.0691. The molecule has 6 heteroatoms. The minimum atomic E-state index is -1.36. The molecule has 0 aliphatic carbocycles. The second kappa shape index (κ2) is 4.40. The van der Waals surface area contributed by atoms with Crippen LogP contribution in [0, 0.1) is 11.6 Å². The van der Waals surface area contributed by atoms with Crippen molar-refractivity contribution in [3.05, 3.63) is 47.7 Å². The topological polar surface area (TPSA) is 76.2 Å². The summed E-state index contributed by atoms with van der Waals surface area (Å²) in [5, 5.41) is 8.98. The molecule has 0 fully saturated rings. The van der Waals surface area contributed by atoms with Crippen molar-refractivity contribution in [2.75, 3.05) is 5.73 Å². The van der Waals surface area contributed by atoms with Gasteiger partial charge in [-0.2, -0.15) is 0 Å². The van der Waals surface area contributed by atoms with E-state index < -0.39 is 23.3 Å². The number of anilines is 1. The first kappa shape index (κ1) is 12.0. The van der Waals surface area contributed by atoms with Gasteiger partial charge in [-0.25, -0.2) is 18.6 Å². The lowest BCUT2D eigenvalue weighted by atomic mass is 10.0. The number of pyridine rings is 1. The van der Waals surface area contributed by atoms with Crippen LogP contribution in [0.5, 0.6) is 0 Å². The standard InChI is InChI=1S/C12H8F2N2O2/c13-6-1-3-9(14)8(5-6)7-2-4-10(15)16-11(7)12(17)18/h1-5H,(H2,15,16)(H,17,18). The van der Waals surface area contributed by atoms with Crippen molar-refractivity contribution in [2.45, 2.75) is 0 Å². The summed E-state index contributed by atoms with van der Waals surface area (Å²) in [6, 6.07) is 5.40. The highest BCUT2D eigenvalue weighted by Crippen LogP contribution is 2.27. The fourth-order valence-corrected chi connectivity index (χ4v) is 1.56. The zero-order valence-electron chi connectivity index (χ0n) is 9.02. The fourth-order valence-electron chi connectivity index (χ4n) is 1.56. The Balaban J connectivity index is 2.70. The molecule has 1 heterocycles. The van der Waals surface area contributed by atoms with Gasteiger partial charge in [-0.15, -0.1) is 0 Å². The highest BCUT2D eigenvalue weighted by molar-refractivity contribution is 5.94. The average Bonchev–Trinajstić information content (AvgIpc) is 2.32. The molecule has 0 saturated carbocycles. The van der Waals surface area contributed by atoms with Crippen LogP contribution in [0.25, 0.3) is 11.1 Å². The number of carboxylic acid groups (broad SMARTS) is 1. The highest BCUT2D eigenvalue weighted by Gasteiger charge is 2.17. The molecule has 2 rings (SSSR count). The van der Waals surface area contributed by atoms with E-state index in [4.69, 9.17) is 10.8 Å². The van der Waals surface area contributed by atoms with Crippen molar-refractivity contribution < 1.29 is 18.7 Å². The Morgan fingerprint density at radius 1 is 1.17 bits per heavy atom. The molecule has 0 aliphatic heterocycles. The first-order valence-electron chi connectivity index (χ1n) is 4.94. The molecule has 0 atom stereocenters. The predicted octanol–water partition coefficient (Wildman–Crippen LogP) is 2.31. The molecular formula is C12H8F2N2O2. The van der Waals surface area contributed by atoms with Crippen molar-refractivity contribution >= 4 is 11.8 Å². The molecule has 0 saturated heterocycles. The third-order valence-electron chi connectivity index (χ3n) is 2.34. The lowest BCUT2D eigenvalue weighted by Crippen LogP contribution is -2.06. The first-order valence-corrected chi connectivity index (χ1v) is 4.94. The number of nitrogens with two attached hydrogens (primary N) is 1. The SMILES string of the molecule is Nc1ccc(-c2cc(F)ccc2F)c(C(=O)O)n1. The lowest BCUT2D eigenvalue weighted by Gasteiger charge is -2.07. The average molecular weight is 250 g/mol. The second-order valence-corrected chi connectivity index (χ2v) is 3.56. The van der Waals surface area contributed by atoms with Crippen LogP contribution in [0.3, 0.4) is 0 Å². The summed E-state index contributed by atoms with van der Waals surface area (Å²) in [7, 11) is 0. The largest absolute Gasteiger partial charge is 0.476 e. The van der Waals surface area contributed by atoms with E-state index in [9.17, 15) is 13.6 Å². The molecule has 1 aromatic heterocycles.